The SMILES string of the molecule is O=C(Nc1nc(-c2ccccc2)cs1)Oc1cnn(-c2ccc(Cl)cc2)c1C(F)(F)F. The summed E-state index contributed by atoms with van der Waals surface area (Å²) in [5.41, 5.74) is 0.338. The largest absolute Gasteiger partial charge is 0.437 e. The van der Waals surface area contributed by atoms with Crippen LogP contribution in [0.25, 0.3) is 16.9 Å². The predicted octanol–water partition coefficient (Wildman–Crippen LogP) is 6.28. The molecule has 0 atom stereocenters. The van der Waals surface area contributed by atoms with E-state index in [-0.39, 0.29) is 10.8 Å². The van der Waals surface area contributed by atoms with Crippen molar-refractivity contribution in [1.82, 2.24) is 14.8 Å². The Morgan fingerprint density at radius 1 is 1.10 bits per heavy atom. The van der Waals surface area contributed by atoms with E-state index in [2.05, 4.69) is 15.4 Å². The summed E-state index contributed by atoms with van der Waals surface area (Å²) < 4.78 is 46.5. The first kappa shape index (κ1) is 20.9. The van der Waals surface area contributed by atoms with Gasteiger partial charge in [0.15, 0.2) is 16.6 Å². The number of rotatable bonds is 4. The van der Waals surface area contributed by atoms with Crippen LogP contribution in [0.3, 0.4) is 0 Å². The van der Waals surface area contributed by atoms with Gasteiger partial charge in [-0.15, -0.1) is 11.3 Å². The number of aromatic nitrogens is 3. The first-order valence-corrected chi connectivity index (χ1v) is 9.98. The second kappa shape index (κ2) is 8.40. The van der Waals surface area contributed by atoms with E-state index in [0.29, 0.717) is 15.4 Å². The lowest BCUT2D eigenvalue weighted by Crippen LogP contribution is -2.20. The summed E-state index contributed by atoms with van der Waals surface area (Å²) in [4.78, 5) is 16.5. The first-order chi connectivity index (χ1) is 14.8. The summed E-state index contributed by atoms with van der Waals surface area (Å²) in [6.45, 7) is 0. The van der Waals surface area contributed by atoms with E-state index in [1.165, 1.54) is 24.3 Å². The molecule has 0 aliphatic rings. The summed E-state index contributed by atoms with van der Waals surface area (Å²) in [7, 11) is 0. The number of ether oxygens (including phenoxy) is 1. The molecule has 0 aliphatic heterocycles. The minimum Gasteiger partial charge on any atom is -0.406 e. The van der Waals surface area contributed by atoms with Crippen molar-refractivity contribution in [3.63, 3.8) is 0 Å². The highest BCUT2D eigenvalue weighted by atomic mass is 35.5. The number of hydrogen-bond donors (Lipinski definition) is 1. The third kappa shape index (κ3) is 4.70. The van der Waals surface area contributed by atoms with E-state index < -0.39 is 23.7 Å². The molecule has 1 amide bonds. The molecule has 158 valence electrons. The third-order valence-electron chi connectivity index (χ3n) is 4.06. The molecule has 0 saturated carbocycles. The van der Waals surface area contributed by atoms with E-state index in [1.807, 2.05) is 30.3 Å². The van der Waals surface area contributed by atoms with Gasteiger partial charge in [0.25, 0.3) is 0 Å². The van der Waals surface area contributed by atoms with Crippen LogP contribution >= 0.6 is 22.9 Å². The highest BCUT2D eigenvalue weighted by Crippen LogP contribution is 2.38. The number of anilines is 1. The van der Waals surface area contributed by atoms with E-state index >= 15 is 0 Å². The van der Waals surface area contributed by atoms with E-state index in [1.54, 1.807) is 5.38 Å². The maximum Gasteiger partial charge on any atom is 0.437 e. The van der Waals surface area contributed by atoms with Gasteiger partial charge in [-0.25, -0.2) is 14.5 Å². The van der Waals surface area contributed by atoms with Gasteiger partial charge in [-0.1, -0.05) is 41.9 Å². The van der Waals surface area contributed by atoms with Crippen LogP contribution in [-0.4, -0.2) is 20.9 Å². The van der Waals surface area contributed by atoms with Crippen LogP contribution < -0.4 is 10.1 Å². The van der Waals surface area contributed by atoms with Crippen LogP contribution in [0.4, 0.5) is 23.1 Å². The molecule has 0 unspecified atom stereocenters. The third-order valence-corrected chi connectivity index (χ3v) is 5.07. The van der Waals surface area contributed by atoms with Crippen molar-refractivity contribution in [2.45, 2.75) is 6.18 Å². The maximum absolute atomic E-state index is 13.7. The van der Waals surface area contributed by atoms with Crippen molar-refractivity contribution in [3.05, 3.63) is 76.9 Å². The number of hydrogen-bond acceptors (Lipinski definition) is 5. The smallest absolute Gasteiger partial charge is 0.406 e. The van der Waals surface area contributed by atoms with Crippen molar-refractivity contribution in [1.29, 1.82) is 0 Å². The standard InChI is InChI=1S/C20H12ClF3N4O2S/c21-13-6-8-14(9-7-13)28-17(20(22,23)24)16(10-25-28)30-19(29)27-18-26-15(11-31-18)12-4-2-1-3-5-12/h1-11H,(H,26,27,29). The molecule has 4 aromatic rings. The zero-order valence-corrected chi connectivity index (χ0v) is 17.0. The van der Waals surface area contributed by atoms with Crippen molar-refractivity contribution in [2.75, 3.05) is 5.32 Å². The average molecular weight is 465 g/mol. The zero-order valence-electron chi connectivity index (χ0n) is 15.4. The minimum atomic E-state index is -4.83. The average Bonchev–Trinajstić information content (AvgIpc) is 3.36. The molecular formula is C20H12ClF3N4O2S. The van der Waals surface area contributed by atoms with Gasteiger partial charge < -0.3 is 4.74 Å². The fourth-order valence-electron chi connectivity index (χ4n) is 2.73. The molecule has 0 bridgehead atoms. The normalized spacial score (nSPS) is 11.4. The highest BCUT2D eigenvalue weighted by molar-refractivity contribution is 7.14. The predicted molar refractivity (Wildman–Crippen MR) is 111 cm³/mol. The molecule has 0 saturated heterocycles. The summed E-state index contributed by atoms with van der Waals surface area (Å²) in [5, 5.41) is 8.32. The van der Waals surface area contributed by atoms with Crippen LogP contribution in [0.1, 0.15) is 5.69 Å². The Hall–Kier alpha value is -3.37. The number of benzene rings is 2. The maximum atomic E-state index is 13.7. The van der Waals surface area contributed by atoms with Gasteiger partial charge >= 0.3 is 12.3 Å². The quantitative estimate of drug-likeness (QED) is 0.386. The van der Waals surface area contributed by atoms with Gasteiger partial charge in [0, 0.05) is 16.0 Å². The van der Waals surface area contributed by atoms with E-state index in [4.69, 9.17) is 16.3 Å². The van der Waals surface area contributed by atoms with Crippen molar-refractivity contribution in [2.24, 2.45) is 0 Å². The lowest BCUT2D eigenvalue weighted by atomic mass is 10.2. The van der Waals surface area contributed by atoms with Crippen LogP contribution in [0.2, 0.25) is 5.02 Å². The number of alkyl halides is 3. The number of amides is 1. The highest BCUT2D eigenvalue weighted by Gasteiger charge is 2.40. The molecule has 4 rings (SSSR count). The number of nitrogens with zero attached hydrogens (tertiary/aromatic N) is 3. The van der Waals surface area contributed by atoms with Gasteiger partial charge in [0.05, 0.1) is 17.6 Å². The van der Waals surface area contributed by atoms with Gasteiger partial charge in [0.1, 0.15) is 0 Å². The molecule has 0 spiro atoms. The molecular weight excluding hydrogens is 453 g/mol. The fraction of sp³-hybridized carbons (Fsp3) is 0.0500. The van der Waals surface area contributed by atoms with Crippen molar-refractivity contribution in [3.8, 4) is 22.7 Å². The van der Waals surface area contributed by atoms with Crippen LogP contribution in [0, 0.1) is 0 Å². The van der Waals surface area contributed by atoms with Crippen molar-refractivity contribution >= 4 is 34.2 Å². The van der Waals surface area contributed by atoms with Gasteiger partial charge in [-0.05, 0) is 24.3 Å². The van der Waals surface area contributed by atoms with E-state index in [9.17, 15) is 18.0 Å². The minimum absolute atomic E-state index is 0.111. The second-order valence-corrected chi connectivity index (χ2v) is 7.46. The lowest BCUT2D eigenvalue weighted by molar-refractivity contribution is -0.143. The molecule has 31 heavy (non-hydrogen) atoms. The first-order valence-electron chi connectivity index (χ1n) is 8.72. The number of nitrogens with one attached hydrogen (secondary N) is 1. The monoisotopic (exact) mass is 464 g/mol. The molecule has 1 N–H and O–H groups in total. The molecule has 6 nitrogen and oxygen atoms in total. The zero-order chi connectivity index (χ0) is 22.0. The molecule has 0 aliphatic carbocycles. The molecule has 0 radical (unpaired) electrons. The van der Waals surface area contributed by atoms with Crippen LogP contribution in [0.5, 0.6) is 5.75 Å². The summed E-state index contributed by atoms with van der Waals surface area (Å²) in [6, 6.07) is 14.8. The molecule has 11 heteroatoms. The number of carbonyl (C=O) groups excluding carboxylic acids is 1. The fourth-order valence-corrected chi connectivity index (χ4v) is 3.56. The van der Waals surface area contributed by atoms with Crippen LogP contribution in [-0.2, 0) is 6.18 Å². The Morgan fingerprint density at radius 2 is 1.81 bits per heavy atom. The molecule has 2 aromatic heterocycles. The van der Waals surface area contributed by atoms with E-state index in [0.717, 1.165) is 23.1 Å². The Balaban J connectivity index is 1.55. The van der Waals surface area contributed by atoms with Gasteiger partial charge in [-0.3, -0.25) is 5.32 Å². The Bertz CT molecular complexity index is 1210. The molecule has 0 fully saturated rings. The summed E-state index contributed by atoms with van der Waals surface area (Å²) in [5.74, 6) is -0.736. The summed E-state index contributed by atoms with van der Waals surface area (Å²) >= 11 is 6.90. The number of halogens is 4. The van der Waals surface area contributed by atoms with Crippen LogP contribution in [0.15, 0.2) is 66.2 Å². The van der Waals surface area contributed by atoms with Crippen molar-refractivity contribution < 1.29 is 22.7 Å². The Labute approximate surface area is 182 Å². The number of carbonyl (C=O) groups is 1. The second-order valence-electron chi connectivity index (χ2n) is 6.16. The molecule has 2 aromatic carbocycles. The van der Waals surface area contributed by atoms with Gasteiger partial charge in [0.2, 0.25) is 0 Å². The lowest BCUT2D eigenvalue weighted by Gasteiger charge is -2.12. The summed E-state index contributed by atoms with van der Waals surface area (Å²) in [6.07, 6.45) is -5.11. The van der Waals surface area contributed by atoms with Gasteiger partial charge in [-0.2, -0.15) is 18.3 Å². The molecule has 2 heterocycles. The Morgan fingerprint density at radius 3 is 2.48 bits per heavy atom. The topological polar surface area (TPSA) is 69.0 Å². The Kier molecular flexibility index (Phi) is 5.66. The number of thiazole rings is 1.